The van der Waals surface area contributed by atoms with Gasteiger partial charge in [0.15, 0.2) is 0 Å². The molecule has 0 bridgehead atoms. The minimum Gasteiger partial charge on any atom is -0.457 e. The molecule has 0 unspecified atom stereocenters. The van der Waals surface area contributed by atoms with Crippen LogP contribution in [0.3, 0.4) is 0 Å². The predicted molar refractivity (Wildman–Crippen MR) is 105 cm³/mol. The summed E-state index contributed by atoms with van der Waals surface area (Å²) in [6.07, 6.45) is 3.17. The number of amides is 1. The molecular weight excluding hydrogens is 402 g/mol. The van der Waals surface area contributed by atoms with Gasteiger partial charge in [0.1, 0.15) is 17.5 Å². The van der Waals surface area contributed by atoms with Gasteiger partial charge < -0.3 is 10.5 Å². The van der Waals surface area contributed by atoms with E-state index in [0.29, 0.717) is 11.5 Å². The van der Waals surface area contributed by atoms with Gasteiger partial charge in [0.05, 0.1) is 9.64 Å². The van der Waals surface area contributed by atoms with Crippen molar-refractivity contribution in [1.29, 1.82) is 0 Å². The Morgan fingerprint density at radius 1 is 1.18 bits per heavy atom. The van der Waals surface area contributed by atoms with Crippen LogP contribution in [0.15, 0.2) is 53.7 Å². The SMILES string of the molecule is CC1(C)[C@H](C(N)=O)N(S(=O)(=O)c2ccc(Oc3ccncc3)cc2)CC[S@@]1=O. The number of hydrogen-bond donors (Lipinski definition) is 1. The summed E-state index contributed by atoms with van der Waals surface area (Å²) >= 11 is 0. The lowest BCUT2D eigenvalue weighted by Gasteiger charge is -2.42. The zero-order valence-corrected chi connectivity index (χ0v) is 17.1. The molecule has 0 saturated carbocycles. The Balaban J connectivity index is 1.89. The first-order chi connectivity index (χ1) is 13.1. The molecule has 1 fully saturated rings. The Morgan fingerprint density at radius 2 is 1.75 bits per heavy atom. The van der Waals surface area contributed by atoms with E-state index in [4.69, 9.17) is 10.5 Å². The Kier molecular flexibility index (Phi) is 5.55. The van der Waals surface area contributed by atoms with Crippen LogP contribution in [0.5, 0.6) is 11.5 Å². The van der Waals surface area contributed by atoms with E-state index in [1.807, 2.05) is 0 Å². The lowest BCUT2D eigenvalue weighted by atomic mass is 10.0. The van der Waals surface area contributed by atoms with E-state index in [9.17, 15) is 17.4 Å². The third kappa shape index (κ3) is 3.80. The maximum atomic E-state index is 13.1. The highest BCUT2D eigenvalue weighted by molar-refractivity contribution is 7.90. The maximum absolute atomic E-state index is 13.1. The van der Waals surface area contributed by atoms with Gasteiger partial charge in [-0.15, -0.1) is 0 Å². The summed E-state index contributed by atoms with van der Waals surface area (Å²) in [6.45, 7) is 3.14. The lowest BCUT2D eigenvalue weighted by Crippen LogP contribution is -2.64. The first kappa shape index (κ1) is 20.4. The molecule has 10 heteroatoms. The number of nitrogens with zero attached hydrogens (tertiary/aromatic N) is 2. The van der Waals surface area contributed by atoms with Gasteiger partial charge in [-0.3, -0.25) is 14.0 Å². The normalized spacial score (nSPS) is 22.5. The standard InChI is InChI=1S/C18H21N3O5S2/c1-18(2)16(17(19)22)21(11-12-27(18)23)28(24,25)15-5-3-13(4-6-15)26-14-7-9-20-10-8-14/h3-10,16H,11-12H2,1-2H3,(H2,19,22)/t16-,27-/m0/s1. The molecule has 1 amide bonds. The Bertz CT molecular complexity index is 992. The van der Waals surface area contributed by atoms with Crippen LogP contribution in [0.2, 0.25) is 0 Å². The van der Waals surface area contributed by atoms with Gasteiger partial charge in [-0.1, -0.05) is 0 Å². The number of carbonyl (C=O) groups excluding carboxylic acids is 1. The molecule has 1 saturated heterocycles. The largest absolute Gasteiger partial charge is 0.457 e. The van der Waals surface area contributed by atoms with E-state index in [2.05, 4.69) is 4.98 Å². The van der Waals surface area contributed by atoms with E-state index in [1.54, 1.807) is 38.4 Å². The highest BCUT2D eigenvalue weighted by Gasteiger charge is 2.50. The predicted octanol–water partition coefficient (Wildman–Crippen LogP) is 1.26. The summed E-state index contributed by atoms with van der Waals surface area (Å²) in [5.74, 6) is 0.342. The second-order valence-electron chi connectivity index (χ2n) is 6.83. The van der Waals surface area contributed by atoms with Crippen LogP contribution in [-0.4, -0.2) is 50.9 Å². The van der Waals surface area contributed by atoms with Gasteiger partial charge >= 0.3 is 0 Å². The molecule has 0 radical (unpaired) electrons. The number of rotatable bonds is 5. The van der Waals surface area contributed by atoms with Crippen molar-refractivity contribution in [1.82, 2.24) is 9.29 Å². The number of carbonyl (C=O) groups is 1. The van der Waals surface area contributed by atoms with Gasteiger partial charge in [-0.25, -0.2) is 8.42 Å². The zero-order valence-electron chi connectivity index (χ0n) is 15.4. The molecule has 28 heavy (non-hydrogen) atoms. The van der Waals surface area contributed by atoms with Crippen molar-refractivity contribution in [3.63, 3.8) is 0 Å². The number of sulfonamides is 1. The molecule has 2 aromatic rings. The van der Waals surface area contributed by atoms with Crippen LogP contribution in [0.25, 0.3) is 0 Å². The van der Waals surface area contributed by atoms with Crippen molar-refractivity contribution < 1.29 is 22.2 Å². The van der Waals surface area contributed by atoms with Gasteiger partial charge in [-0.05, 0) is 50.2 Å². The molecule has 1 aliphatic heterocycles. The highest BCUT2D eigenvalue weighted by Crippen LogP contribution is 2.32. The number of hydrogen-bond acceptors (Lipinski definition) is 6. The summed E-state index contributed by atoms with van der Waals surface area (Å²) in [5.41, 5.74) is 5.48. The fourth-order valence-corrected chi connectivity index (χ4v) is 6.43. The van der Waals surface area contributed by atoms with Gasteiger partial charge in [0, 0.05) is 35.5 Å². The van der Waals surface area contributed by atoms with Crippen LogP contribution >= 0.6 is 0 Å². The third-order valence-corrected chi connectivity index (χ3v) is 8.44. The summed E-state index contributed by atoms with van der Waals surface area (Å²) in [4.78, 5) is 15.9. The molecule has 0 aliphatic carbocycles. The van der Waals surface area contributed by atoms with Crippen molar-refractivity contribution in [2.45, 2.75) is 29.5 Å². The fourth-order valence-electron chi connectivity index (χ4n) is 3.14. The van der Waals surface area contributed by atoms with Crippen molar-refractivity contribution in [3.8, 4) is 11.5 Å². The van der Waals surface area contributed by atoms with Crippen molar-refractivity contribution in [2.24, 2.45) is 5.73 Å². The molecule has 2 N–H and O–H groups in total. The number of nitrogens with two attached hydrogens (primary N) is 1. The van der Waals surface area contributed by atoms with Gasteiger partial charge in [0.2, 0.25) is 15.9 Å². The lowest BCUT2D eigenvalue weighted by molar-refractivity contribution is -0.122. The molecule has 2 heterocycles. The molecule has 1 aromatic heterocycles. The summed E-state index contributed by atoms with van der Waals surface area (Å²) < 4.78 is 44.2. The van der Waals surface area contributed by atoms with Crippen LogP contribution in [-0.2, 0) is 25.6 Å². The van der Waals surface area contributed by atoms with Crippen molar-refractivity contribution >= 4 is 26.7 Å². The summed E-state index contributed by atoms with van der Waals surface area (Å²) in [5, 5.41) is 0. The summed E-state index contributed by atoms with van der Waals surface area (Å²) in [7, 11) is -5.38. The smallest absolute Gasteiger partial charge is 0.243 e. The fraction of sp³-hybridized carbons (Fsp3) is 0.333. The Hall–Kier alpha value is -2.30. The second kappa shape index (κ2) is 7.61. The molecule has 0 spiro atoms. The van der Waals surface area contributed by atoms with E-state index in [0.717, 1.165) is 4.31 Å². The van der Waals surface area contributed by atoms with Crippen LogP contribution in [0.1, 0.15) is 13.8 Å². The quantitative estimate of drug-likeness (QED) is 0.773. The minimum absolute atomic E-state index is 0.00399. The maximum Gasteiger partial charge on any atom is 0.243 e. The molecule has 2 atom stereocenters. The number of pyridine rings is 1. The number of primary amides is 1. The van der Waals surface area contributed by atoms with Gasteiger partial charge in [-0.2, -0.15) is 4.31 Å². The van der Waals surface area contributed by atoms with E-state index >= 15 is 0 Å². The Morgan fingerprint density at radius 3 is 2.32 bits per heavy atom. The summed E-state index contributed by atoms with van der Waals surface area (Å²) in [6, 6.07) is 8.03. The zero-order chi connectivity index (χ0) is 20.5. The van der Waals surface area contributed by atoms with E-state index < -0.39 is 37.5 Å². The van der Waals surface area contributed by atoms with Crippen molar-refractivity contribution in [3.05, 3.63) is 48.8 Å². The molecule has 1 aliphatic rings. The van der Waals surface area contributed by atoms with Crippen LogP contribution < -0.4 is 10.5 Å². The highest BCUT2D eigenvalue weighted by atomic mass is 32.2. The number of benzene rings is 1. The molecule has 1 aromatic carbocycles. The topological polar surface area (TPSA) is 120 Å². The van der Waals surface area contributed by atoms with E-state index in [1.165, 1.54) is 24.3 Å². The molecule has 3 rings (SSSR count). The Labute approximate surface area is 166 Å². The van der Waals surface area contributed by atoms with Gasteiger partial charge in [0.25, 0.3) is 0 Å². The third-order valence-electron chi connectivity index (χ3n) is 4.62. The minimum atomic E-state index is -4.01. The van der Waals surface area contributed by atoms with Crippen LogP contribution in [0, 0.1) is 0 Å². The monoisotopic (exact) mass is 423 g/mol. The molecule has 150 valence electrons. The number of aromatic nitrogens is 1. The first-order valence-corrected chi connectivity index (χ1v) is 11.3. The first-order valence-electron chi connectivity index (χ1n) is 8.51. The second-order valence-corrected chi connectivity index (χ2v) is 10.9. The number of ether oxygens (including phenoxy) is 1. The average molecular weight is 424 g/mol. The molecule has 8 nitrogen and oxygen atoms in total. The van der Waals surface area contributed by atoms with Crippen LogP contribution in [0.4, 0.5) is 0 Å². The molecular formula is C18H21N3O5S2. The van der Waals surface area contributed by atoms with Crippen molar-refractivity contribution in [2.75, 3.05) is 12.3 Å². The van der Waals surface area contributed by atoms with E-state index in [-0.39, 0.29) is 17.2 Å². The average Bonchev–Trinajstić information content (AvgIpc) is 2.64.